The molecule has 0 aliphatic heterocycles. The number of aliphatic hydroxyl groups is 2. The Hall–Kier alpha value is -2.39. The Balaban J connectivity index is 0.000000258. The summed E-state index contributed by atoms with van der Waals surface area (Å²) >= 11 is 7.40. The van der Waals surface area contributed by atoms with Crippen molar-refractivity contribution in [2.24, 2.45) is 0 Å². The van der Waals surface area contributed by atoms with E-state index in [1.807, 2.05) is 24.3 Å². The molecule has 9 heteroatoms. The molecule has 0 fully saturated rings. The Kier molecular flexibility index (Phi) is 6.92. The number of carbonyl (C=O) groups excluding carboxylic acids is 2. The van der Waals surface area contributed by atoms with Gasteiger partial charge in [0.15, 0.2) is 6.10 Å². The topological polar surface area (TPSA) is 114 Å². The number of aromatic amines is 1. The molecule has 0 spiro atoms. The van der Waals surface area contributed by atoms with Gasteiger partial charge in [0.25, 0.3) is 11.8 Å². The van der Waals surface area contributed by atoms with Gasteiger partial charge >= 0.3 is 0 Å². The van der Waals surface area contributed by atoms with Crippen molar-refractivity contribution in [2.45, 2.75) is 25.0 Å². The molecule has 0 bridgehead atoms. The molecule has 2 aromatic heterocycles. The van der Waals surface area contributed by atoms with E-state index in [9.17, 15) is 9.59 Å². The number of hydrogen-bond donors (Lipinski definition) is 5. The highest BCUT2D eigenvalue weighted by atomic mass is 35.5. The Morgan fingerprint density at radius 1 is 1.28 bits per heavy atom. The number of aliphatic hydroxyl groups excluding tert-OH is 2. The van der Waals surface area contributed by atoms with Crippen molar-refractivity contribution in [2.75, 3.05) is 13.7 Å². The number of H-pyrrole nitrogens is 1. The zero-order valence-electron chi connectivity index (χ0n) is 15.7. The summed E-state index contributed by atoms with van der Waals surface area (Å²) in [7, 11) is 1.39. The van der Waals surface area contributed by atoms with Gasteiger partial charge in [0.1, 0.15) is 10.5 Å². The summed E-state index contributed by atoms with van der Waals surface area (Å²) in [6.07, 6.45) is 0.533. The second kappa shape index (κ2) is 9.41. The van der Waals surface area contributed by atoms with E-state index < -0.39 is 18.6 Å². The van der Waals surface area contributed by atoms with Crippen LogP contribution in [-0.2, 0) is 17.6 Å². The monoisotopic (exact) mass is 435 g/mol. The van der Waals surface area contributed by atoms with Gasteiger partial charge in [-0.05, 0) is 36.1 Å². The lowest BCUT2D eigenvalue weighted by molar-refractivity contribution is -0.130. The second-order valence-electron chi connectivity index (χ2n) is 6.68. The lowest BCUT2D eigenvalue weighted by atomic mass is 10.1. The maximum absolute atomic E-state index is 12.3. The molecule has 2 amide bonds. The number of benzene rings is 1. The zero-order chi connectivity index (χ0) is 21.0. The number of nitrogens with one attached hydrogen (secondary N) is 3. The first-order valence-electron chi connectivity index (χ1n) is 9.07. The van der Waals surface area contributed by atoms with E-state index >= 15 is 0 Å². The van der Waals surface area contributed by atoms with Gasteiger partial charge in [-0.25, -0.2) is 0 Å². The van der Waals surface area contributed by atoms with Crippen LogP contribution in [0.15, 0.2) is 36.4 Å². The van der Waals surface area contributed by atoms with E-state index in [2.05, 4.69) is 27.8 Å². The first kappa shape index (κ1) is 21.3. The summed E-state index contributed by atoms with van der Waals surface area (Å²) in [4.78, 5) is 26.6. The minimum absolute atomic E-state index is 0.0488. The maximum atomic E-state index is 12.3. The van der Waals surface area contributed by atoms with Crippen LogP contribution in [0.3, 0.4) is 0 Å². The van der Waals surface area contributed by atoms with E-state index in [-0.39, 0.29) is 11.9 Å². The number of halogens is 1. The number of carbonyl (C=O) groups is 2. The molecule has 5 N–H and O–H groups in total. The average Bonchev–Trinajstić information content (AvgIpc) is 3.38. The van der Waals surface area contributed by atoms with Gasteiger partial charge in [-0.2, -0.15) is 0 Å². The molecule has 1 atom stereocenters. The molecule has 0 saturated heterocycles. The Morgan fingerprint density at radius 3 is 2.45 bits per heavy atom. The fourth-order valence-electron chi connectivity index (χ4n) is 3.19. The smallest absolute Gasteiger partial charge is 0.267 e. The van der Waals surface area contributed by atoms with E-state index in [1.165, 1.54) is 29.5 Å². The molecule has 4 rings (SSSR count). The molecule has 29 heavy (non-hydrogen) atoms. The van der Waals surface area contributed by atoms with E-state index in [0.717, 1.165) is 27.4 Å². The van der Waals surface area contributed by atoms with Gasteiger partial charge in [-0.3, -0.25) is 9.59 Å². The normalized spacial score (nSPS) is 14.1. The molecule has 7 nitrogen and oxygen atoms in total. The number of rotatable bonds is 4. The Labute approximate surface area is 176 Å². The molecule has 3 aromatic rings. The number of amides is 2. The van der Waals surface area contributed by atoms with Crippen LogP contribution in [0.2, 0.25) is 4.34 Å². The first-order chi connectivity index (χ1) is 13.9. The number of fused-ring (bicyclic) bond motifs is 2. The predicted molar refractivity (Wildman–Crippen MR) is 113 cm³/mol. The van der Waals surface area contributed by atoms with Gasteiger partial charge in [0.05, 0.1) is 10.9 Å². The molecule has 0 saturated carbocycles. The summed E-state index contributed by atoms with van der Waals surface area (Å²) in [5, 5.41) is 22.9. The van der Waals surface area contributed by atoms with Gasteiger partial charge < -0.3 is 25.8 Å². The van der Waals surface area contributed by atoms with Gasteiger partial charge in [-0.15, -0.1) is 11.3 Å². The maximum Gasteiger partial charge on any atom is 0.267 e. The van der Waals surface area contributed by atoms with Crippen LogP contribution in [0.1, 0.15) is 21.6 Å². The highest BCUT2D eigenvalue weighted by Gasteiger charge is 2.23. The third kappa shape index (κ3) is 5.16. The third-order valence-electron chi connectivity index (χ3n) is 4.63. The summed E-state index contributed by atoms with van der Waals surface area (Å²) in [6.45, 7) is -0.528. The van der Waals surface area contributed by atoms with E-state index in [1.54, 1.807) is 0 Å². The fourth-order valence-corrected chi connectivity index (χ4v) is 4.31. The molecule has 0 radical (unpaired) electrons. The van der Waals surface area contributed by atoms with E-state index in [0.29, 0.717) is 5.69 Å². The summed E-state index contributed by atoms with van der Waals surface area (Å²) in [5.74, 6) is -0.611. The van der Waals surface area contributed by atoms with Crippen LogP contribution < -0.4 is 10.6 Å². The third-order valence-corrected chi connectivity index (χ3v) is 5.83. The van der Waals surface area contributed by atoms with Crippen molar-refractivity contribution < 1.29 is 19.8 Å². The van der Waals surface area contributed by atoms with Crippen molar-refractivity contribution in [1.29, 1.82) is 0 Å². The van der Waals surface area contributed by atoms with Gasteiger partial charge in [0.2, 0.25) is 0 Å². The van der Waals surface area contributed by atoms with Crippen LogP contribution in [0.5, 0.6) is 0 Å². The van der Waals surface area contributed by atoms with Crippen LogP contribution >= 0.6 is 22.9 Å². The number of likely N-dealkylation sites (N-methyl/N-ethyl adjacent to an activating group) is 1. The van der Waals surface area contributed by atoms with Crippen LogP contribution in [0, 0.1) is 0 Å². The zero-order valence-corrected chi connectivity index (χ0v) is 17.3. The van der Waals surface area contributed by atoms with Crippen LogP contribution in [0.4, 0.5) is 0 Å². The highest BCUT2D eigenvalue weighted by molar-refractivity contribution is 7.22. The van der Waals surface area contributed by atoms with Crippen molar-refractivity contribution in [1.82, 2.24) is 15.6 Å². The summed E-state index contributed by atoms with van der Waals surface area (Å²) in [6, 6.07) is 12.3. The number of hydrogen-bond acceptors (Lipinski definition) is 5. The van der Waals surface area contributed by atoms with Crippen molar-refractivity contribution in [3.05, 3.63) is 57.6 Å². The Morgan fingerprint density at radius 2 is 1.93 bits per heavy atom. The van der Waals surface area contributed by atoms with Crippen LogP contribution in [-0.4, -0.2) is 52.8 Å². The van der Waals surface area contributed by atoms with Gasteiger partial charge in [0, 0.05) is 18.5 Å². The molecule has 1 aromatic carbocycles. The Bertz CT molecular complexity index is 960. The molecular weight excluding hydrogens is 414 g/mol. The summed E-state index contributed by atoms with van der Waals surface area (Å²) in [5.41, 5.74) is 3.27. The van der Waals surface area contributed by atoms with Crippen LogP contribution in [0.25, 0.3) is 10.2 Å². The van der Waals surface area contributed by atoms with Crippen molar-refractivity contribution >= 4 is 45.0 Å². The lowest BCUT2D eigenvalue weighted by Crippen LogP contribution is -2.35. The molecule has 1 aliphatic carbocycles. The highest BCUT2D eigenvalue weighted by Crippen LogP contribution is 2.29. The second-order valence-corrected chi connectivity index (χ2v) is 8.36. The minimum Gasteiger partial charge on any atom is -0.393 e. The first-order valence-corrected chi connectivity index (χ1v) is 10.3. The van der Waals surface area contributed by atoms with E-state index in [4.69, 9.17) is 21.8 Å². The molecule has 154 valence electrons. The minimum atomic E-state index is -1.28. The lowest BCUT2D eigenvalue weighted by Gasteiger charge is -2.10. The van der Waals surface area contributed by atoms with Crippen molar-refractivity contribution in [3.8, 4) is 0 Å². The summed E-state index contributed by atoms with van der Waals surface area (Å²) < 4.78 is 0.731. The standard InChI is InChI=1S/C16H13ClN2OS.C4H9NO3/c17-14-8-11-7-13(19-16(11)21-14)15(20)18-12-5-9-3-1-2-4-10(9)6-12;1-5-4(8)3(7)2-6/h1-4,7-8,12,19H,5-6H2,(H,18,20);3,6-7H,2H2,1H3,(H,5,8). The largest absolute Gasteiger partial charge is 0.393 e. The molecule has 2 heterocycles. The molecular formula is C20H22ClN3O4S. The fraction of sp³-hybridized carbons (Fsp3) is 0.300. The SMILES string of the molecule is CNC(=O)C(O)CO.O=C(NC1Cc2ccccc2C1)c1cc2cc(Cl)sc2[nH]1. The average molecular weight is 436 g/mol. The quantitative estimate of drug-likeness (QED) is 0.430. The molecule has 1 unspecified atom stereocenters. The predicted octanol–water partition coefficient (Wildman–Crippen LogP) is 1.87. The van der Waals surface area contributed by atoms with Crippen molar-refractivity contribution in [3.63, 3.8) is 0 Å². The molecule has 1 aliphatic rings. The van der Waals surface area contributed by atoms with Gasteiger partial charge in [-0.1, -0.05) is 35.9 Å². The number of aromatic nitrogens is 1. The number of thiophene rings is 1.